The van der Waals surface area contributed by atoms with Gasteiger partial charge in [-0.15, -0.1) is 0 Å². The highest BCUT2D eigenvalue weighted by Crippen LogP contribution is 2.43. The Balaban J connectivity index is 1.49. The number of aromatic amines is 1. The van der Waals surface area contributed by atoms with Crippen LogP contribution in [0.3, 0.4) is 0 Å². The highest BCUT2D eigenvalue weighted by Gasteiger charge is 2.38. The molecule has 0 unspecified atom stereocenters. The third-order valence-corrected chi connectivity index (χ3v) is 5.87. The Labute approximate surface area is 159 Å². The van der Waals surface area contributed by atoms with Gasteiger partial charge >= 0.3 is 0 Å². The van der Waals surface area contributed by atoms with E-state index in [1.165, 1.54) is 12.0 Å². The number of nitrogens with zero attached hydrogens (tertiary/aromatic N) is 3. The SMILES string of the molecule is Cc1nn(C)c(C)c1-c1cc(C(=O)NCC2(c3ccccc3)CCC2)[nH]n1. The molecule has 2 aromatic heterocycles. The lowest BCUT2D eigenvalue weighted by atomic mass is 9.64. The second-order valence-corrected chi connectivity index (χ2v) is 7.52. The maximum atomic E-state index is 12.7. The van der Waals surface area contributed by atoms with Crippen molar-refractivity contribution in [2.24, 2.45) is 7.05 Å². The highest BCUT2D eigenvalue weighted by atomic mass is 16.1. The third kappa shape index (κ3) is 3.05. The van der Waals surface area contributed by atoms with E-state index in [1.54, 1.807) is 0 Å². The van der Waals surface area contributed by atoms with E-state index >= 15 is 0 Å². The van der Waals surface area contributed by atoms with Crippen molar-refractivity contribution < 1.29 is 4.79 Å². The molecule has 3 aromatic rings. The summed E-state index contributed by atoms with van der Waals surface area (Å²) in [6.45, 7) is 4.61. The monoisotopic (exact) mass is 363 g/mol. The molecule has 2 N–H and O–H groups in total. The number of H-pyrrole nitrogens is 1. The Bertz CT molecular complexity index is 966. The minimum atomic E-state index is -0.116. The second-order valence-electron chi connectivity index (χ2n) is 7.52. The first-order valence-electron chi connectivity index (χ1n) is 9.40. The van der Waals surface area contributed by atoms with Crippen molar-refractivity contribution >= 4 is 5.91 Å². The average Bonchev–Trinajstić information content (AvgIpc) is 3.20. The molecule has 1 aliphatic rings. The van der Waals surface area contributed by atoms with Gasteiger partial charge in [-0.2, -0.15) is 10.2 Å². The van der Waals surface area contributed by atoms with Crippen LogP contribution >= 0.6 is 0 Å². The Kier molecular flexibility index (Phi) is 4.34. The molecule has 1 aromatic carbocycles. The Morgan fingerprint density at radius 1 is 1.26 bits per heavy atom. The van der Waals surface area contributed by atoms with Gasteiger partial charge in [-0.1, -0.05) is 36.8 Å². The third-order valence-electron chi connectivity index (χ3n) is 5.87. The lowest BCUT2D eigenvalue weighted by Crippen LogP contribution is -2.45. The summed E-state index contributed by atoms with van der Waals surface area (Å²) in [5.41, 5.74) is 5.53. The Morgan fingerprint density at radius 2 is 2.00 bits per heavy atom. The van der Waals surface area contributed by atoms with Crippen LogP contribution in [0.2, 0.25) is 0 Å². The molecule has 0 saturated heterocycles. The van der Waals surface area contributed by atoms with E-state index < -0.39 is 0 Å². The largest absolute Gasteiger partial charge is 0.350 e. The molecule has 0 radical (unpaired) electrons. The number of rotatable bonds is 5. The molecule has 1 fully saturated rings. The maximum absolute atomic E-state index is 12.7. The van der Waals surface area contributed by atoms with Crippen molar-refractivity contribution in [3.8, 4) is 11.3 Å². The molecule has 2 heterocycles. The number of hydrogen-bond acceptors (Lipinski definition) is 3. The van der Waals surface area contributed by atoms with Gasteiger partial charge in [-0.25, -0.2) is 0 Å². The Hall–Kier alpha value is -2.89. The van der Waals surface area contributed by atoms with Gasteiger partial charge in [0.1, 0.15) is 5.69 Å². The average molecular weight is 363 g/mol. The molecule has 0 aliphatic heterocycles. The summed E-state index contributed by atoms with van der Waals surface area (Å²) in [6, 6.07) is 12.3. The molecular formula is C21H25N5O. The molecule has 1 saturated carbocycles. The molecule has 27 heavy (non-hydrogen) atoms. The number of benzene rings is 1. The molecule has 1 aliphatic carbocycles. The molecular weight excluding hydrogens is 338 g/mol. The van der Waals surface area contributed by atoms with Crippen LogP contribution in [0.5, 0.6) is 0 Å². The summed E-state index contributed by atoms with van der Waals surface area (Å²) < 4.78 is 1.83. The van der Waals surface area contributed by atoms with Crippen molar-refractivity contribution in [3.05, 3.63) is 59.0 Å². The normalized spacial score (nSPS) is 15.4. The molecule has 0 bridgehead atoms. The van der Waals surface area contributed by atoms with Gasteiger partial charge in [0.15, 0.2) is 0 Å². The molecule has 1 amide bonds. The number of carbonyl (C=O) groups excluding carboxylic acids is 1. The van der Waals surface area contributed by atoms with E-state index in [9.17, 15) is 4.79 Å². The summed E-state index contributed by atoms with van der Waals surface area (Å²) in [5, 5.41) is 14.8. The predicted molar refractivity (Wildman–Crippen MR) is 105 cm³/mol. The van der Waals surface area contributed by atoms with E-state index in [-0.39, 0.29) is 11.3 Å². The van der Waals surface area contributed by atoms with E-state index in [2.05, 4.69) is 44.9 Å². The summed E-state index contributed by atoms with van der Waals surface area (Å²) in [4.78, 5) is 12.7. The number of aromatic nitrogens is 4. The van der Waals surface area contributed by atoms with Crippen molar-refractivity contribution in [1.82, 2.24) is 25.3 Å². The second kappa shape index (κ2) is 6.68. The molecule has 4 rings (SSSR count). The number of aryl methyl sites for hydroxylation is 2. The quantitative estimate of drug-likeness (QED) is 0.730. The zero-order valence-corrected chi connectivity index (χ0v) is 16.0. The molecule has 6 nitrogen and oxygen atoms in total. The fourth-order valence-corrected chi connectivity index (χ4v) is 4.02. The zero-order valence-electron chi connectivity index (χ0n) is 16.0. The number of carbonyl (C=O) groups is 1. The molecule has 0 spiro atoms. The van der Waals surface area contributed by atoms with Crippen LogP contribution < -0.4 is 5.32 Å². The van der Waals surface area contributed by atoms with Crippen LogP contribution in [-0.4, -0.2) is 32.4 Å². The van der Waals surface area contributed by atoms with Gasteiger partial charge < -0.3 is 5.32 Å². The first kappa shape index (κ1) is 17.5. The van der Waals surface area contributed by atoms with Gasteiger partial charge in [-0.05, 0) is 38.3 Å². The van der Waals surface area contributed by atoms with Gasteiger partial charge in [0, 0.05) is 30.3 Å². The fourth-order valence-electron chi connectivity index (χ4n) is 4.02. The minimum Gasteiger partial charge on any atom is -0.350 e. The summed E-state index contributed by atoms with van der Waals surface area (Å²) in [6.07, 6.45) is 3.43. The van der Waals surface area contributed by atoms with Gasteiger partial charge in [0.2, 0.25) is 0 Å². The van der Waals surface area contributed by atoms with Crippen LogP contribution in [0.25, 0.3) is 11.3 Å². The van der Waals surface area contributed by atoms with E-state index in [0.717, 1.165) is 35.5 Å². The molecule has 6 heteroatoms. The topological polar surface area (TPSA) is 75.6 Å². The van der Waals surface area contributed by atoms with Crippen molar-refractivity contribution in [3.63, 3.8) is 0 Å². The smallest absolute Gasteiger partial charge is 0.269 e. The van der Waals surface area contributed by atoms with Gasteiger partial charge in [0.25, 0.3) is 5.91 Å². The highest BCUT2D eigenvalue weighted by molar-refractivity contribution is 5.93. The number of nitrogens with one attached hydrogen (secondary N) is 2. The van der Waals surface area contributed by atoms with Crippen LogP contribution in [0, 0.1) is 13.8 Å². The lowest BCUT2D eigenvalue weighted by molar-refractivity contribution is 0.0923. The van der Waals surface area contributed by atoms with Crippen molar-refractivity contribution in [2.75, 3.05) is 6.54 Å². The van der Waals surface area contributed by atoms with Crippen LogP contribution in [0.15, 0.2) is 36.4 Å². The van der Waals surface area contributed by atoms with Crippen molar-refractivity contribution in [2.45, 2.75) is 38.5 Å². The lowest BCUT2D eigenvalue weighted by Gasteiger charge is -2.42. The van der Waals surface area contributed by atoms with E-state index in [1.807, 2.05) is 37.7 Å². The minimum absolute atomic E-state index is 0.0658. The molecule has 0 atom stereocenters. The predicted octanol–water partition coefficient (Wildman–Crippen LogP) is 3.28. The van der Waals surface area contributed by atoms with E-state index in [4.69, 9.17) is 0 Å². The maximum Gasteiger partial charge on any atom is 0.269 e. The van der Waals surface area contributed by atoms with Crippen molar-refractivity contribution in [1.29, 1.82) is 0 Å². The van der Waals surface area contributed by atoms with Crippen LogP contribution in [-0.2, 0) is 12.5 Å². The standard InChI is InChI=1S/C21H25N5O/c1-14-19(15(2)26(3)25-14)17-12-18(24-23-17)20(27)22-13-21(10-7-11-21)16-8-5-4-6-9-16/h4-6,8-9,12H,7,10-11,13H2,1-3H3,(H,22,27)(H,23,24). The van der Waals surface area contributed by atoms with Crippen LogP contribution in [0.1, 0.15) is 46.7 Å². The number of hydrogen-bond donors (Lipinski definition) is 2. The van der Waals surface area contributed by atoms with Gasteiger partial charge in [0.05, 0.1) is 11.4 Å². The first-order valence-corrected chi connectivity index (χ1v) is 9.40. The van der Waals surface area contributed by atoms with Gasteiger partial charge in [-0.3, -0.25) is 14.6 Å². The van der Waals surface area contributed by atoms with E-state index in [0.29, 0.717) is 12.2 Å². The summed E-state index contributed by atoms with van der Waals surface area (Å²) >= 11 is 0. The summed E-state index contributed by atoms with van der Waals surface area (Å²) in [7, 11) is 1.91. The summed E-state index contributed by atoms with van der Waals surface area (Å²) in [5.74, 6) is -0.116. The fraction of sp³-hybridized carbons (Fsp3) is 0.381. The first-order chi connectivity index (χ1) is 13.0. The zero-order chi connectivity index (χ0) is 19.0. The Morgan fingerprint density at radius 3 is 2.59 bits per heavy atom. The number of amides is 1. The van der Waals surface area contributed by atoms with Crippen LogP contribution in [0.4, 0.5) is 0 Å². The molecule has 140 valence electrons.